The SMILES string of the molecule is Cc1ccc(C(NC(=O)c2ccco2)c2nccn2C)cc1. The average molecular weight is 295 g/mol. The monoisotopic (exact) mass is 295 g/mol. The number of nitrogens with zero attached hydrogens (tertiary/aromatic N) is 2. The van der Waals surface area contributed by atoms with E-state index in [0.717, 1.165) is 11.4 Å². The number of hydrogen-bond acceptors (Lipinski definition) is 3. The molecule has 1 atom stereocenters. The molecular formula is C17H17N3O2. The Morgan fingerprint density at radius 1 is 1.27 bits per heavy atom. The molecule has 1 aromatic carbocycles. The molecule has 2 heterocycles. The van der Waals surface area contributed by atoms with Gasteiger partial charge in [0.2, 0.25) is 0 Å². The van der Waals surface area contributed by atoms with E-state index in [2.05, 4.69) is 10.3 Å². The Hall–Kier alpha value is -2.82. The molecule has 1 unspecified atom stereocenters. The van der Waals surface area contributed by atoms with Crippen LogP contribution in [0.1, 0.15) is 33.5 Å². The number of hydrogen-bond donors (Lipinski definition) is 1. The predicted octanol–water partition coefficient (Wildman–Crippen LogP) is 2.84. The first-order valence-corrected chi connectivity index (χ1v) is 7.03. The molecule has 0 aliphatic heterocycles. The van der Waals surface area contributed by atoms with Gasteiger partial charge in [-0.3, -0.25) is 4.79 Å². The molecule has 0 spiro atoms. The Morgan fingerprint density at radius 2 is 2.05 bits per heavy atom. The van der Waals surface area contributed by atoms with Crippen molar-refractivity contribution < 1.29 is 9.21 Å². The second-order valence-electron chi connectivity index (χ2n) is 5.19. The molecule has 0 saturated heterocycles. The van der Waals surface area contributed by atoms with E-state index >= 15 is 0 Å². The number of rotatable bonds is 4. The molecular weight excluding hydrogens is 278 g/mol. The van der Waals surface area contributed by atoms with Crippen molar-refractivity contribution in [3.8, 4) is 0 Å². The van der Waals surface area contributed by atoms with Gasteiger partial charge in [0, 0.05) is 19.4 Å². The zero-order valence-corrected chi connectivity index (χ0v) is 12.5. The van der Waals surface area contributed by atoms with E-state index < -0.39 is 0 Å². The second kappa shape index (κ2) is 5.89. The highest BCUT2D eigenvalue weighted by Gasteiger charge is 2.22. The van der Waals surface area contributed by atoms with Crippen molar-refractivity contribution in [3.05, 3.63) is 77.8 Å². The second-order valence-corrected chi connectivity index (χ2v) is 5.19. The number of carbonyl (C=O) groups excluding carboxylic acids is 1. The van der Waals surface area contributed by atoms with E-state index in [1.54, 1.807) is 18.3 Å². The van der Waals surface area contributed by atoms with Gasteiger partial charge in [0.15, 0.2) is 5.76 Å². The third kappa shape index (κ3) is 2.79. The molecule has 2 aromatic heterocycles. The van der Waals surface area contributed by atoms with E-state index in [-0.39, 0.29) is 17.7 Å². The van der Waals surface area contributed by atoms with Crippen LogP contribution in [-0.4, -0.2) is 15.5 Å². The van der Waals surface area contributed by atoms with Gasteiger partial charge in [-0.2, -0.15) is 0 Å². The normalized spacial score (nSPS) is 12.1. The molecule has 0 aliphatic rings. The predicted molar refractivity (Wildman–Crippen MR) is 82.4 cm³/mol. The Morgan fingerprint density at radius 3 is 2.64 bits per heavy atom. The van der Waals surface area contributed by atoms with E-state index in [1.807, 2.05) is 49.0 Å². The minimum Gasteiger partial charge on any atom is -0.459 e. The van der Waals surface area contributed by atoms with Gasteiger partial charge >= 0.3 is 0 Å². The number of amides is 1. The van der Waals surface area contributed by atoms with Gasteiger partial charge in [-0.25, -0.2) is 4.98 Å². The molecule has 3 aromatic rings. The van der Waals surface area contributed by atoms with Crippen LogP contribution in [0.25, 0.3) is 0 Å². The summed E-state index contributed by atoms with van der Waals surface area (Å²) >= 11 is 0. The Labute approximate surface area is 128 Å². The highest BCUT2D eigenvalue weighted by atomic mass is 16.3. The number of benzene rings is 1. The van der Waals surface area contributed by atoms with Crippen molar-refractivity contribution in [3.63, 3.8) is 0 Å². The van der Waals surface area contributed by atoms with E-state index in [1.165, 1.54) is 11.8 Å². The fourth-order valence-electron chi connectivity index (χ4n) is 2.32. The quantitative estimate of drug-likeness (QED) is 0.805. The summed E-state index contributed by atoms with van der Waals surface area (Å²) in [6.45, 7) is 2.03. The third-order valence-electron chi connectivity index (χ3n) is 3.55. The van der Waals surface area contributed by atoms with Gasteiger partial charge in [-0.1, -0.05) is 29.8 Å². The van der Waals surface area contributed by atoms with Gasteiger partial charge in [0.25, 0.3) is 5.91 Å². The molecule has 5 nitrogen and oxygen atoms in total. The highest BCUT2D eigenvalue weighted by Crippen LogP contribution is 2.21. The zero-order chi connectivity index (χ0) is 15.5. The number of aryl methyl sites for hydroxylation is 2. The van der Waals surface area contributed by atoms with Crippen molar-refractivity contribution in [2.45, 2.75) is 13.0 Å². The van der Waals surface area contributed by atoms with E-state index in [9.17, 15) is 4.79 Å². The Kier molecular flexibility index (Phi) is 3.78. The van der Waals surface area contributed by atoms with Crippen LogP contribution in [0.5, 0.6) is 0 Å². The van der Waals surface area contributed by atoms with Crippen molar-refractivity contribution in [2.24, 2.45) is 7.05 Å². The van der Waals surface area contributed by atoms with Crippen LogP contribution in [-0.2, 0) is 7.05 Å². The zero-order valence-electron chi connectivity index (χ0n) is 12.5. The summed E-state index contributed by atoms with van der Waals surface area (Å²) in [6, 6.07) is 11.0. The Bertz CT molecular complexity index is 758. The first kappa shape index (κ1) is 14.1. The number of furan rings is 1. The van der Waals surface area contributed by atoms with Crippen LogP contribution in [0.4, 0.5) is 0 Å². The highest BCUT2D eigenvalue weighted by molar-refractivity contribution is 5.91. The van der Waals surface area contributed by atoms with Crippen molar-refractivity contribution >= 4 is 5.91 Å². The van der Waals surface area contributed by atoms with Gasteiger partial charge in [0.1, 0.15) is 11.9 Å². The minimum atomic E-state index is -0.335. The summed E-state index contributed by atoms with van der Waals surface area (Å²) in [5.41, 5.74) is 2.14. The summed E-state index contributed by atoms with van der Waals surface area (Å²) in [4.78, 5) is 16.7. The molecule has 1 N–H and O–H groups in total. The first-order valence-electron chi connectivity index (χ1n) is 7.03. The minimum absolute atomic E-state index is 0.265. The van der Waals surface area contributed by atoms with Crippen molar-refractivity contribution in [2.75, 3.05) is 0 Å². The maximum Gasteiger partial charge on any atom is 0.287 e. The molecule has 0 saturated carbocycles. The topological polar surface area (TPSA) is 60.1 Å². The van der Waals surface area contributed by atoms with Crippen LogP contribution < -0.4 is 5.32 Å². The van der Waals surface area contributed by atoms with Gasteiger partial charge in [-0.15, -0.1) is 0 Å². The molecule has 3 rings (SSSR count). The van der Waals surface area contributed by atoms with Crippen LogP contribution in [0.2, 0.25) is 0 Å². The first-order chi connectivity index (χ1) is 10.6. The fraction of sp³-hybridized carbons (Fsp3) is 0.176. The standard InChI is InChI=1S/C17H17N3O2/c1-12-5-7-13(8-6-12)15(16-18-9-10-20(16)2)19-17(21)14-4-3-11-22-14/h3-11,15H,1-2H3,(H,19,21). The molecule has 22 heavy (non-hydrogen) atoms. The van der Waals surface area contributed by atoms with E-state index in [0.29, 0.717) is 0 Å². The van der Waals surface area contributed by atoms with Crippen LogP contribution >= 0.6 is 0 Å². The van der Waals surface area contributed by atoms with Crippen LogP contribution in [0.3, 0.4) is 0 Å². The fourth-order valence-corrected chi connectivity index (χ4v) is 2.32. The van der Waals surface area contributed by atoms with Crippen molar-refractivity contribution in [1.29, 1.82) is 0 Å². The summed E-state index contributed by atoms with van der Waals surface area (Å²) in [6.07, 6.45) is 5.06. The number of nitrogens with one attached hydrogen (secondary N) is 1. The lowest BCUT2D eigenvalue weighted by molar-refractivity contribution is 0.0913. The molecule has 0 aliphatic carbocycles. The largest absolute Gasteiger partial charge is 0.459 e. The summed E-state index contributed by atoms with van der Waals surface area (Å²) in [5, 5.41) is 2.98. The third-order valence-corrected chi connectivity index (χ3v) is 3.55. The molecule has 5 heteroatoms. The van der Waals surface area contributed by atoms with Gasteiger partial charge in [-0.05, 0) is 24.6 Å². The number of carbonyl (C=O) groups is 1. The lowest BCUT2D eigenvalue weighted by Crippen LogP contribution is -2.30. The molecule has 0 radical (unpaired) electrons. The lowest BCUT2D eigenvalue weighted by atomic mass is 10.0. The van der Waals surface area contributed by atoms with Gasteiger partial charge < -0.3 is 14.3 Å². The number of imidazole rings is 1. The van der Waals surface area contributed by atoms with Crippen molar-refractivity contribution in [1.82, 2.24) is 14.9 Å². The van der Waals surface area contributed by atoms with Gasteiger partial charge in [0.05, 0.1) is 6.26 Å². The maximum atomic E-state index is 12.3. The molecule has 1 amide bonds. The lowest BCUT2D eigenvalue weighted by Gasteiger charge is -2.18. The maximum absolute atomic E-state index is 12.3. The summed E-state index contributed by atoms with van der Waals surface area (Å²) < 4.78 is 7.06. The number of aromatic nitrogens is 2. The summed E-state index contributed by atoms with van der Waals surface area (Å²) in [5.74, 6) is 0.786. The van der Waals surface area contributed by atoms with Crippen LogP contribution in [0.15, 0.2) is 59.5 Å². The van der Waals surface area contributed by atoms with E-state index in [4.69, 9.17) is 4.42 Å². The smallest absolute Gasteiger partial charge is 0.287 e. The average Bonchev–Trinajstić information content (AvgIpc) is 3.17. The molecule has 0 bridgehead atoms. The summed E-state index contributed by atoms with van der Waals surface area (Å²) in [7, 11) is 1.91. The van der Waals surface area contributed by atoms with Crippen LogP contribution in [0, 0.1) is 6.92 Å². The molecule has 0 fully saturated rings. The Balaban J connectivity index is 1.95. The molecule has 112 valence electrons.